The number of cyclic esters (lactones) is 1. The molecule has 24 heavy (non-hydrogen) atoms. The lowest BCUT2D eigenvalue weighted by atomic mass is 9.90. The number of amides is 2. The molecule has 126 valence electrons. The van der Waals surface area contributed by atoms with Gasteiger partial charge in [0.15, 0.2) is 0 Å². The molecule has 0 bridgehead atoms. The zero-order valence-corrected chi connectivity index (χ0v) is 12.9. The fourth-order valence-corrected chi connectivity index (χ4v) is 3.45. The van der Waals surface area contributed by atoms with Crippen molar-refractivity contribution in [2.45, 2.75) is 18.9 Å². The van der Waals surface area contributed by atoms with E-state index in [4.69, 9.17) is 4.74 Å². The summed E-state index contributed by atoms with van der Waals surface area (Å²) in [6.45, 7) is 1.45. The van der Waals surface area contributed by atoms with Crippen LogP contribution in [0.25, 0.3) is 11.0 Å². The monoisotopic (exact) mass is 332 g/mol. The molecule has 7 nitrogen and oxygen atoms in total. The summed E-state index contributed by atoms with van der Waals surface area (Å²) in [5.41, 5.74) is 1.19. The zero-order valence-electron chi connectivity index (χ0n) is 12.9. The molecule has 1 aromatic heterocycles. The Bertz CT molecular complexity index is 798. The minimum atomic E-state index is -0.546. The summed E-state index contributed by atoms with van der Waals surface area (Å²) in [7, 11) is 0. The van der Waals surface area contributed by atoms with Gasteiger partial charge in [0.05, 0.1) is 29.0 Å². The molecule has 1 atom stereocenters. The van der Waals surface area contributed by atoms with Gasteiger partial charge in [-0.05, 0) is 24.8 Å². The van der Waals surface area contributed by atoms with Gasteiger partial charge in [-0.1, -0.05) is 0 Å². The second kappa shape index (κ2) is 5.77. The maximum Gasteiger partial charge on any atom is 0.407 e. The van der Waals surface area contributed by atoms with Crippen LogP contribution in [0.5, 0.6) is 0 Å². The van der Waals surface area contributed by atoms with Crippen LogP contribution in [0, 0.1) is 11.7 Å². The van der Waals surface area contributed by atoms with Gasteiger partial charge >= 0.3 is 6.09 Å². The number of hydrogen-bond acceptors (Lipinski definition) is 4. The van der Waals surface area contributed by atoms with Crippen LogP contribution in [-0.4, -0.2) is 52.6 Å². The van der Waals surface area contributed by atoms with E-state index in [2.05, 4.69) is 15.3 Å². The molecule has 2 aromatic rings. The fraction of sp³-hybridized carbons (Fsp3) is 0.438. The zero-order chi connectivity index (χ0) is 16.7. The lowest BCUT2D eigenvalue weighted by Gasteiger charge is -2.34. The summed E-state index contributed by atoms with van der Waals surface area (Å²) in [4.78, 5) is 32.3. The van der Waals surface area contributed by atoms with Gasteiger partial charge < -0.3 is 19.9 Å². The number of carbonyl (C=O) groups is 2. The fourth-order valence-electron chi connectivity index (χ4n) is 3.45. The topological polar surface area (TPSA) is 87.3 Å². The molecule has 2 amide bonds. The molecule has 0 radical (unpaired) electrons. The maximum atomic E-state index is 14.2. The average Bonchev–Trinajstić information content (AvgIpc) is 3.22. The predicted octanol–water partition coefficient (Wildman–Crippen LogP) is 1.66. The van der Waals surface area contributed by atoms with E-state index < -0.39 is 5.82 Å². The van der Waals surface area contributed by atoms with Crippen molar-refractivity contribution < 1.29 is 18.7 Å². The largest absolute Gasteiger partial charge is 0.447 e. The molecule has 0 saturated carbocycles. The first-order valence-corrected chi connectivity index (χ1v) is 7.97. The van der Waals surface area contributed by atoms with Gasteiger partial charge in [-0.2, -0.15) is 0 Å². The second-order valence-electron chi connectivity index (χ2n) is 6.23. The molecule has 0 spiro atoms. The van der Waals surface area contributed by atoms with Crippen molar-refractivity contribution in [3.8, 4) is 0 Å². The second-order valence-corrected chi connectivity index (χ2v) is 6.23. The normalized spacial score (nSPS) is 21.8. The summed E-state index contributed by atoms with van der Waals surface area (Å²) in [6, 6.07) is 2.79. The van der Waals surface area contributed by atoms with E-state index in [1.165, 1.54) is 18.5 Å². The Morgan fingerprint density at radius 2 is 2.12 bits per heavy atom. The van der Waals surface area contributed by atoms with Gasteiger partial charge in [0.2, 0.25) is 0 Å². The minimum absolute atomic E-state index is 0.00638. The molecule has 2 N–H and O–H groups in total. The highest BCUT2D eigenvalue weighted by Crippen LogP contribution is 2.25. The lowest BCUT2D eigenvalue weighted by molar-refractivity contribution is 0.0667. The van der Waals surface area contributed by atoms with Gasteiger partial charge in [0, 0.05) is 19.2 Å². The van der Waals surface area contributed by atoms with Crippen LogP contribution >= 0.6 is 0 Å². The summed E-state index contributed by atoms with van der Waals surface area (Å²) in [5.74, 6) is -0.586. The average molecular weight is 332 g/mol. The SMILES string of the molecule is O=C1NC(C2CCN(C(=O)c3cc4nc[nH]c4cc3F)CC2)CO1. The number of rotatable bonds is 2. The van der Waals surface area contributed by atoms with Crippen molar-refractivity contribution in [2.75, 3.05) is 19.7 Å². The molecule has 8 heteroatoms. The summed E-state index contributed by atoms with van der Waals surface area (Å²) in [5, 5.41) is 2.79. The number of halogens is 1. The number of imidazole rings is 1. The summed E-state index contributed by atoms with van der Waals surface area (Å²) in [6.07, 6.45) is 2.60. The Morgan fingerprint density at radius 1 is 1.33 bits per heavy atom. The lowest BCUT2D eigenvalue weighted by Crippen LogP contribution is -2.44. The van der Waals surface area contributed by atoms with Crippen LogP contribution in [0.1, 0.15) is 23.2 Å². The van der Waals surface area contributed by atoms with Crippen LogP contribution in [-0.2, 0) is 4.74 Å². The number of H-pyrrole nitrogens is 1. The number of benzene rings is 1. The van der Waals surface area contributed by atoms with Gasteiger partial charge in [0.1, 0.15) is 12.4 Å². The number of likely N-dealkylation sites (tertiary alicyclic amines) is 1. The smallest absolute Gasteiger partial charge is 0.407 e. The van der Waals surface area contributed by atoms with Crippen LogP contribution < -0.4 is 5.32 Å². The Kier molecular flexibility index (Phi) is 3.59. The highest BCUT2D eigenvalue weighted by atomic mass is 19.1. The van der Waals surface area contributed by atoms with Crippen molar-refractivity contribution >= 4 is 23.0 Å². The number of aromatic nitrogens is 2. The highest BCUT2D eigenvalue weighted by molar-refractivity contribution is 5.97. The van der Waals surface area contributed by atoms with Gasteiger partial charge in [-0.15, -0.1) is 0 Å². The first-order chi connectivity index (χ1) is 11.6. The number of aromatic amines is 1. The van der Waals surface area contributed by atoms with E-state index in [1.54, 1.807) is 4.90 Å². The Labute approximate surface area is 137 Å². The number of carbonyl (C=O) groups excluding carboxylic acids is 2. The molecule has 1 unspecified atom stereocenters. The highest BCUT2D eigenvalue weighted by Gasteiger charge is 2.34. The molecule has 2 fully saturated rings. The van der Waals surface area contributed by atoms with Crippen molar-refractivity contribution in [1.82, 2.24) is 20.2 Å². The van der Waals surface area contributed by atoms with E-state index in [1.807, 2.05) is 0 Å². The number of piperidine rings is 1. The molecule has 2 aliphatic rings. The molecule has 3 heterocycles. The maximum absolute atomic E-state index is 14.2. The molecular weight excluding hydrogens is 315 g/mol. The van der Waals surface area contributed by atoms with Crippen molar-refractivity contribution in [3.63, 3.8) is 0 Å². The number of fused-ring (bicyclic) bond motifs is 1. The van der Waals surface area contributed by atoms with Crippen molar-refractivity contribution in [2.24, 2.45) is 5.92 Å². The van der Waals surface area contributed by atoms with Crippen molar-refractivity contribution in [1.29, 1.82) is 0 Å². The third-order valence-electron chi connectivity index (χ3n) is 4.83. The minimum Gasteiger partial charge on any atom is -0.447 e. The van der Waals surface area contributed by atoms with E-state index in [0.717, 1.165) is 12.8 Å². The van der Waals surface area contributed by atoms with Crippen LogP contribution in [0.15, 0.2) is 18.5 Å². The first kappa shape index (κ1) is 14.9. The first-order valence-electron chi connectivity index (χ1n) is 7.97. The molecule has 2 saturated heterocycles. The molecule has 4 rings (SSSR count). The standard InChI is InChI=1S/C16H17FN4O3/c17-11-6-13-12(18-8-19-13)5-10(11)15(22)21-3-1-9(2-4-21)14-7-24-16(23)20-14/h5-6,8-9,14H,1-4,7H2,(H,18,19)(H,20,23). The Hall–Kier alpha value is -2.64. The van der Waals surface area contributed by atoms with Crippen LogP contribution in [0.3, 0.4) is 0 Å². The molecular formula is C16H17FN4O3. The number of hydrogen-bond donors (Lipinski definition) is 2. The Balaban J connectivity index is 1.45. The summed E-state index contributed by atoms with van der Waals surface area (Å²) >= 11 is 0. The number of nitrogens with zero attached hydrogens (tertiary/aromatic N) is 2. The van der Waals surface area contributed by atoms with Crippen molar-refractivity contribution in [3.05, 3.63) is 29.8 Å². The van der Waals surface area contributed by atoms with Gasteiger partial charge in [-0.25, -0.2) is 14.2 Å². The van der Waals surface area contributed by atoms with E-state index in [0.29, 0.717) is 30.7 Å². The van der Waals surface area contributed by atoms with Gasteiger partial charge in [-0.3, -0.25) is 4.79 Å². The predicted molar refractivity (Wildman–Crippen MR) is 83.0 cm³/mol. The quantitative estimate of drug-likeness (QED) is 0.876. The van der Waals surface area contributed by atoms with E-state index in [9.17, 15) is 14.0 Å². The van der Waals surface area contributed by atoms with Gasteiger partial charge in [0.25, 0.3) is 5.91 Å². The number of nitrogens with one attached hydrogen (secondary N) is 2. The molecule has 0 aliphatic carbocycles. The molecule has 2 aliphatic heterocycles. The molecule has 1 aromatic carbocycles. The number of alkyl carbamates (subject to hydrolysis) is 1. The van der Waals surface area contributed by atoms with E-state index in [-0.39, 0.29) is 29.5 Å². The Morgan fingerprint density at radius 3 is 2.83 bits per heavy atom. The number of ether oxygens (including phenoxy) is 1. The van der Waals surface area contributed by atoms with E-state index >= 15 is 0 Å². The van der Waals surface area contributed by atoms with Crippen LogP contribution in [0.4, 0.5) is 9.18 Å². The third-order valence-corrected chi connectivity index (χ3v) is 4.83. The third kappa shape index (κ3) is 2.57. The summed E-state index contributed by atoms with van der Waals surface area (Å²) < 4.78 is 19.1. The van der Waals surface area contributed by atoms with Crippen LogP contribution in [0.2, 0.25) is 0 Å².